The molecule has 0 aliphatic rings. The van der Waals surface area contributed by atoms with Crippen molar-refractivity contribution in [2.45, 2.75) is 0 Å². The molecule has 0 atom stereocenters. The molecule has 0 saturated carbocycles. The standard InChI is InChI=1S/2C18H10N4/c2*19-11-15-16(12-20)22-18(14-9-5-2-6-10-14)17(21-15)13-7-3-1-4-8-13/h2*1-10H. The molecule has 0 aliphatic carbocycles. The van der Waals surface area contributed by atoms with Crippen LogP contribution in [0.5, 0.6) is 0 Å². The summed E-state index contributed by atoms with van der Waals surface area (Å²) in [5.41, 5.74) is 5.99. The van der Waals surface area contributed by atoms with Crippen molar-refractivity contribution in [3.05, 3.63) is 144 Å². The van der Waals surface area contributed by atoms with Gasteiger partial charge in [-0.3, -0.25) is 0 Å². The lowest BCUT2D eigenvalue weighted by atomic mass is 10.0. The lowest BCUT2D eigenvalue weighted by Gasteiger charge is -2.09. The summed E-state index contributed by atoms with van der Waals surface area (Å²) in [5.74, 6) is 0. The summed E-state index contributed by atoms with van der Waals surface area (Å²) < 4.78 is 0. The second kappa shape index (κ2) is 13.6. The molecule has 0 fully saturated rings. The van der Waals surface area contributed by atoms with E-state index >= 15 is 0 Å². The van der Waals surface area contributed by atoms with Gasteiger partial charge in [0.05, 0.1) is 22.8 Å². The summed E-state index contributed by atoms with van der Waals surface area (Å²) in [5, 5.41) is 36.7. The van der Waals surface area contributed by atoms with Gasteiger partial charge in [0.2, 0.25) is 0 Å². The van der Waals surface area contributed by atoms with Crippen LogP contribution in [0.4, 0.5) is 0 Å². The Hall–Kier alpha value is -7.00. The Morgan fingerprint density at radius 3 is 0.636 bits per heavy atom. The zero-order valence-electron chi connectivity index (χ0n) is 23.1. The van der Waals surface area contributed by atoms with Gasteiger partial charge in [-0.15, -0.1) is 0 Å². The van der Waals surface area contributed by atoms with Gasteiger partial charge in [0.15, 0.2) is 22.8 Å². The summed E-state index contributed by atoms with van der Waals surface area (Å²) >= 11 is 0. The SMILES string of the molecule is N#Cc1nc(-c2ccccc2)c(-c2ccccc2)nc1C#N.N#Cc1nc(-c2ccccc2)c(-c2ccccc2)nc1C#N. The van der Waals surface area contributed by atoms with Gasteiger partial charge in [0, 0.05) is 22.3 Å². The Labute approximate surface area is 254 Å². The predicted molar refractivity (Wildman–Crippen MR) is 165 cm³/mol. The van der Waals surface area contributed by atoms with Crippen molar-refractivity contribution in [3.8, 4) is 69.3 Å². The molecule has 0 amide bonds. The van der Waals surface area contributed by atoms with Crippen LogP contribution >= 0.6 is 0 Å². The van der Waals surface area contributed by atoms with E-state index in [9.17, 15) is 21.0 Å². The monoisotopic (exact) mass is 564 g/mol. The Balaban J connectivity index is 0.000000175. The first-order valence-corrected chi connectivity index (χ1v) is 13.3. The van der Waals surface area contributed by atoms with Crippen LogP contribution in [0.2, 0.25) is 0 Å². The quantitative estimate of drug-likeness (QED) is 0.220. The number of nitriles is 4. The number of benzene rings is 4. The average molecular weight is 565 g/mol. The molecule has 2 heterocycles. The summed E-state index contributed by atoms with van der Waals surface area (Å²) in [7, 11) is 0. The Morgan fingerprint density at radius 2 is 0.477 bits per heavy atom. The van der Waals surface area contributed by atoms with E-state index in [1.807, 2.05) is 146 Å². The van der Waals surface area contributed by atoms with Gasteiger partial charge in [0.25, 0.3) is 0 Å². The third-order valence-corrected chi connectivity index (χ3v) is 6.40. The van der Waals surface area contributed by atoms with Crippen molar-refractivity contribution < 1.29 is 0 Å². The molecule has 0 aliphatic heterocycles. The molecule has 0 bridgehead atoms. The van der Waals surface area contributed by atoms with E-state index in [0.29, 0.717) is 22.8 Å². The maximum absolute atomic E-state index is 9.18. The fourth-order valence-corrected chi connectivity index (χ4v) is 4.37. The van der Waals surface area contributed by atoms with Crippen molar-refractivity contribution in [1.82, 2.24) is 19.9 Å². The Morgan fingerprint density at radius 1 is 0.295 bits per heavy atom. The van der Waals surface area contributed by atoms with Gasteiger partial charge in [-0.2, -0.15) is 21.0 Å². The lowest BCUT2D eigenvalue weighted by molar-refractivity contribution is 1.14. The molecule has 0 N–H and O–H groups in total. The van der Waals surface area contributed by atoms with Gasteiger partial charge in [0.1, 0.15) is 24.3 Å². The molecule has 204 valence electrons. The summed E-state index contributed by atoms with van der Waals surface area (Å²) in [4.78, 5) is 17.4. The van der Waals surface area contributed by atoms with Crippen molar-refractivity contribution >= 4 is 0 Å². The Kier molecular flexibility index (Phi) is 8.80. The zero-order chi connectivity index (χ0) is 30.7. The van der Waals surface area contributed by atoms with E-state index in [4.69, 9.17) is 0 Å². The molecular formula is C36H20N8. The molecule has 0 radical (unpaired) electrons. The maximum Gasteiger partial charge on any atom is 0.177 e. The molecule has 6 aromatic rings. The molecule has 0 unspecified atom stereocenters. The molecule has 4 aromatic carbocycles. The molecule has 44 heavy (non-hydrogen) atoms. The molecule has 0 spiro atoms. The van der Waals surface area contributed by atoms with Crippen molar-refractivity contribution in [2.24, 2.45) is 0 Å². The number of nitrogens with zero attached hydrogens (tertiary/aromatic N) is 8. The van der Waals surface area contributed by atoms with Gasteiger partial charge in [-0.1, -0.05) is 121 Å². The summed E-state index contributed by atoms with van der Waals surface area (Å²) in [6.45, 7) is 0. The van der Waals surface area contributed by atoms with Gasteiger partial charge < -0.3 is 0 Å². The fourth-order valence-electron chi connectivity index (χ4n) is 4.37. The number of rotatable bonds is 4. The van der Waals surface area contributed by atoms with E-state index in [0.717, 1.165) is 22.3 Å². The highest BCUT2D eigenvalue weighted by atomic mass is 14.9. The van der Waals surface area contributed by atoms with E-state index in [1.54, 1.807) is 0 Å². The minimum absolute atomic E-state index is 0.0426. The van der Waals surface area contributed by atoms with E-state index in [1.165, 1.54) is 0 Å². The van der Waals surface area contributed by atoms with E-state index < -0.39 is 0 Å². The molecular weight excluding hydrogens is 544 g/mol. The second-order valence-corrected chi connectivity index (χ2v) is 9.15. The maximum atomic E-state index is 9.18. The van der Waals surface area contributed by atoms with Gasteiger partial charge >= 0.3 is 0 Å². The van der Waals surface area contributed by atoms with E-state index in [2.05, 4.69) is 19.9 Å². The minimum Gasteiger partial charge on any atom is -0.232 e. The second-order valence-electron chi connectivity index (χ2n) is 9.15. The van der Waals surface area contributed by atoms with Gasteiger partial charge in [-0.25, -0.2) is 19.9 Å². The summed E-state index contributed by atoms with van der Waals surface area (Å²) in [6.07, 6.45) is 0. The molecule has 6 rings (SSSR count). The van der Waals surface area contributed by atoms with Crippen LogP contribution in [-0.4, -0.2) is 19.9 Å². The highest BCUT2D eigenvalue weighted by Gasteiger charge is 2.17. The molecule has 8 heteroatoms. The van der Waals surface area contributed by atoms with Crippen molar-refractivity contribution in [1.29, 1.82) is 21.0 Å². The molecule has 2 aromatic heterocycles. The largest absolute Gasteiger partial charge is 0.232 e. The van der Waals surface area contributed by atoms with Crippen LogP contribution in [0.1, 0.15) is 22.8 Å². The number of hydrogen-bond acceptors (Lipinski definition) is 8. The van der Waals surface area contributed by atoms with Gasteiger partial charge in [-0.05, 0) is 0 Å². The van der Waals surface area contributed by atoms with Crippen LogP contribution < -0.4 is 0 Å². The van der Waals surface area contributed by atoms with Crippen LogP contribution in [0, 0.1) is 45.3 Å². The third kappa shape index (κ3) is 6.17. The highest BCUT2D eigenvalue weighted by molar-refractivity contribution is 5.79. The van der Waals surface area contributed by atoms with Crippen LogP contribution in [0.15, 0.2) is 121 Å². The summed E-state index contributed by atoms with van der Waals surface area (Å²) in [6, 6.07) is 45.8. The lowest BCUT2D eigenvalue weighted by Crippen LogP contribution is -2.01. The fraction of sp³-hybridized carbons (Fsp3) is 0. The average Bonchev–Trinajstić information content (AvgIpc) is 3.12. The van der Waals surface area contributed by atoms with E-state index in [-0.39, 0.29) is 22.8 Å². The molecule has 8 nitrogen and oxygen atoms in total. The first-order valence-electron chi connectivity index (χ1n) is 13.3. The predicted octanol–water partition coefficient (Wildman–Crippen LogP) is 7.11. The number of aromatic nitrogens is 4. The third-order valence-electron chi connectivity index (χ3n) is 6.40. The van der Waals surface area contributed by atoms with Crippen molar-refractivity contribution in [2.75, 3.05) is 0 Å². The van der Waals surface area contributed by atoms with Crippen LogP contribution in [-0.2, 0) is 0 Å². The first kappa shape index (κ1) is 28.5. The molecule has 0 saturated heterocycles. The van der Waals surface area contributed by atoms with Crippen LogP contribution in [0.25, 0.3) is 45.0 Å². The highest BCUT2D eigenvalue weighted by Crippen LogP contribution is 2.31. The zero-order valence-corrected chi connectivity index (χ0v) is 23.1. The first-order chi connectivity index (χ1) is 21.7. The van der Waals surface area contributed by atoms with Crippen molar-refractivity contribution in [3.63, 3.8) is 0 Å². The minimum atomic E-state index is 0.0426. The Bertz CT molecular complexity index is 1780. The van der Waals surface area contributed by atoms with Crippen LogP contribution in [0.3, 0.4) is 0 Å². The smallest absolute Gasteiger partial charge is 0.177 e. The normalized spacial score (nSPS) is 9.73. The topological polar surface area (TPSA) is 147 Å². The number of hydrogen-bond donors (Lipinski definition) is 0.